The Bertz CT molecular complexity index is 837. The molecule has 0 radical (unpaired) electrons. The predicted octanol–water partition coefficient (Wildman–Crippen LogP) is 4.46. The van der Waals surface area contributed by atoms with Gasteiger partial charge >= 0.3 is 0 Å². The molecule has 1 saturated heterocycles. The van der Waals surface area contributed by atoms with E-state index in [9.17, 15) is 0 Å². The standard InChI is InChI=1S/C20H24N4S/c1-15-12-22-20(17-7-9-21-10-8-17)24(15)18-4-3-11-23(13-18)14-19-6-5-16(2)25-19/h5-10,12,18H,3-4,11,13-14H2,1-2H3. The summed E-state index contributed by atoms with van der Waals surface area (Å²) in [6.07, 6.45) is 8.14. The second-order valence-electron chi connectivity index (χ2n) is 6.87. The topological polar surface area (TPSA) is 34.0 Å². The monoisotopic (exact) mass is 352 g/mol. The first-order valence-electron chi connectivity index (χ1n) is 8.92. The summed E-state index contributed by atoms with van der Waals surface area (Å²) >= 11 is 1.92. The number of nitrogens with zero attached hydrogens (tertiary/aromatic N) is 4. The Morgan fingerprint density at radius 1 is 1.16 bits per heavy atom. The molecule has 0 N–H and O–H groups in total. The fourth-order valence-corrected chi connectivity index (χ4v) is 4.73. The van der Waals surface area contributed by atoms with Crippen molar-refractivity contribution < 1.29 is 0 Å². The molecule has 1 aliphatic rings. The first-order chi connectivity index (χ1) is 12.2. The molecular weight excluding hydrogens is 328 g/mol. The Morgan fingerprint density at radius 3 is 2.76 bits per heavy atom. The minimum Gasteiger partial charge on any atom is -0.324 e. The van der Waals surface area contributed by atoms with E-state index in [2.05, 4.69) is 40.4 Å². The molecule has 1 unspecified atom stereocenters. The molecule has 1 atom stereocenters. The number of likely N-dealkylation sites (tertiary alicyclic amines) is 1. The number of hydrogen-bond donors (Lipinski definition) is 0. The summed E-state index contributed by atoms with van der Waals surface area (Å²) in [5.74, 6) is 1.07. The third-order valence-electron chi connectivity index (χ3n) is 4.94. The molecule has 3 aromatic rings. The average molecular weight is 353 g/mol. The third-order valence-corrected chi connectivity index (χ3v) is 5.93. The van der Waals surface area contributed by atoms with Crippen LogP contribution >= 0.6 is 11.3 Å². The van der Waals surface area contributed by atoms with Crippen LogP contribution in [0.2, 0.25) is 0 Å². The van der Waals surface area contributed by atoms with Crippen LogP contribution in [0.4, 0.5) is 0 Å². The number of aryl methyl sites for hydroxylation is 2. The highest BCUT2D eigenvalue weighted by Crippen LogP contribution is 2.30. The van der Waals surface area contributed by atoms with Crippen molar-refractivity contribution in [2.24, 2.45) is 0 Å². The van der Waals surface area contributed by atoms with Gasteiger partial charge in [-0.1, -0.05) is 0 Å². The highest BCUT2D eigenvalue weighted by Gasteiger charge is 2.25. The minimum absolute atomic E-state index is 0.487. The van der Waals surface area contributed by atoms with Crippen molar-refractivity contribution in [3.05, 3.63) is 58.3 Å². The van der Waals surface area contributed by atoms with Crippen LogP contribution in [0.1, 0.15) is 34.3 Å². The molecule has 0 spiro atoms. The smallest absolute Gasteiger partial charge is 0.140 e. The van der Waals surface area contributed by atoms with Crippen LogP contribution in [0.5, 0.6) is 0 Å². The lowest BCUT2D eigenvalue weighted by atomic mass is 10.0. The maximum absolute atomic E-state index is 4.69. The number of thiophene rings is 1. The normalized spacial score (nSPS) is 18.6. The number of pyridine rings is 1. The van der Waals surface area contributed by atoms with E-state index in [1.165, 1.54) is 34.8 Å². The zero-order valence-corrected chi connectivity index (χ0v) is 15.7. The molecule has 0 bridgehead atoms. The van der Waals surface area contributed by atoms with E-state index in [1.807, 2.05) is 42.1 Å². The van der Waals surface area contributed by atoms with E-state index in [-0.39, 0.29) is 0 Å². The maximum atomic E-state index is 4.69. The summed E-state index contributed by atoms with van der Waals surface area (Å²) in [6, 6.07) is 9.08. The summed E-state index contributed by atoms with van der Waals surface area (Å²) in [5.41, 5.74) is 2.39. The van der Waals surface area contributed by atoms with Crippen LogP contribution in [0.15, 0.2) is 42.9 Å². The van der Waals surface area contributed by atoms with Crippen LogP contribution in [-0.2, 0) is 6.54 Å². The number of aromatic nitrogens is 3. The van der Waals surface area contributed by atoms with E-state index in [4.69, 9.17) is 4.98 Å². The Labute approximate surface area is 153 Å². The average Bonchev–Trinajstić information content (AvgIpc) is 3.21. The van der Waals surface area contributed by atoms with Gasteiger partial charge in [-0.15, -0.1) is 11.3 Å². The SMILES string of the molecule is Cc1ccc(CN2CCCC(n3c(C)cnc3-c3ccncc3)C2)s1. The van der Waals surface area contributed by atoms with E-state index in [0.717, 1.165) is 24.5 Å². The zero-order chi connectivity index (χ0) is 17.2. The molecule has 1 aliphatic heterocycles. The van der Waals surface area contributed by atoms with Gasteiger partial charge in [-0.3, -0.25) is 9.88 Å². The van der Waals surface area contributed by atoms with Gasteiger partial charge in [-0.05, 0) is 57.5 Å². The molecule has 3 aromatic heterocycles. The molecule has 1 fully saturated rings. The summed E-state index contributed by atoms with van der Waals surface area (Å²) in [7, 11) is 0. The highest BCUT2D eigenvalue weighted by atomic mass is 32.1. The highest BCUT2D eigenvalue weighted by molar-refractivity contribution is 7.11. The van der Waals surface area contributed by atoms with Crippen LogP contribution in [0, 0.1) is 13.8 Å². The van der Waals surface area contributed by atoms with Gasteiger partial charge in [0.05, 0.1) is 0 Å². The van der Waals surface area contributed by atoms with E-state index in [0.29, 0.717) is 6.04 Å². The fraction of sp³-hybridized carbons (Fsp3) is 0.400. The van der Waals surface area contributed by atoms with Crippen molar-refractivity contribution in [3.63, 3.8) is 0 Å². The zero-order valence-electron chi connectivity index (χ0n) is 14.9. The number of rotatable bonds is 4. The van der Waals surface area contributed by atoms with Gasteiger partial charge in [0.2, 0.25) is 0 Å². The summed E-state index contributed by atoms with van der Waals surface area (Å²) < 4.78 is 2.43. The second kappa shape index (κ2) is 7.10. The molecule has 130 valence electrons. The molecule has 0 aromatic carbocycles. The van der Waals surface area contributed by atoms with Crippen molar-refractivity contribution in [2.75, 3.05) is 13.1 Å². The molecule has 5 heteroatoms. The molecule has 0 saturated carbocycles. The lowest BCUT2D eigenvalue weighted by Crippen LogP contribution is -2.36. The molecule has 4 rings (SSSR count). The summed E-state index contributed by atoms with van der Waals surface area (Å²) in [4.78, 5) is 14.3. The Morgan fingerprint density at radius 2 is 2.00 bits per heavy atom. The minimum atomic E-state index is 0.487. The maximum Gasteiger partial charge on any atom is 0.140 e. The predicted molar refractivity (Wildman–Crippen MR) is 103 cm³/mol. The second-order valence-corrected chi connectivity index (χ2v) is 8.25. The van der Waals surface area contributed by atoms with Crippen molar-refractivity contribution >= 4 is 11.3 Å². The number of piperidine rings is 1. The third kappa shape index (κ3) is 3.53. The van der Waals surface area contributed by atoms with Gasteiger partial charge in [-0.2, -0.15) is 0 Å². The Balaban J connectivity index is 1.56. The van der Waals surface area contributed by atoms with Crippen molar-refractivity contribution in [1.82, 2.24) is 19.4 Å². The van der Waals surface area contributed by atoms with Gasteiger partial charge in [0.25, 0.3) is 0 Å². The molecule has 0 amide bonds. The summed E-state index contributed by atoms with van der Waals surface area (Å²) in [6.45, 7) is 7.69. The van der Waals surface area contributed by atoms with Crippen LogP contribution in [-0.4, -0.2) is 32.5 Å². The van der Waals surface area contributed by atoms with Gasteiger partial charge in [-0.25, -0.2) is 4.98 Å². The fourth-order valence-electron chi connectivity index (χ4n) is 3.80. The molecule has 25 heavy (non-hydrogen) atoms. The van der Waals surface area contributed by atoms with Crippen LogP contribution in [0.25, 0.3) is 11.4 Å². The Hall–Kier alpha value is -1.98. The van der Waals surface area contributed by atoms with Gasteiger partial charge in [0.1, 0.15) is 5.82 Å². The lowest BCUT2D eigenvalue weighted by Gasteiger charge is -2.34. The number of imidazole rings is 1. The summed E-state index contributed by atoms with van der Waals surface area (Å²) in [5, 5.41) is 0. The quantitative estimate of drug-likeness (QED) is 0.695. The van der Waals surface area contributed by atoms with E-state index in [1.54, 1.807) is 0 Å². The lowest BCUT2D eigenvalue weighted by molar-refractivity contribution is 0.171. The number of hydrogen-bond acceptors (Lipinski definition) is 4. The van der Waals surface area contributed by atoms with Crippen LogP contribution < -0.4 is 0 Å². The van der Waals surface area contributed by atoms with Crippen LogP contribution in [0.3, 0.4) is 0 Å². The first kappa shape index (κ1) is 16.5. The van der Waals surface area contributed by atoms with Crippen molar-refractivity contribution in [1.29, 1.82) is 0 Å². The van der Waals surface area contributed by atoms with Gasteiger partial charge < -0.3 is 4.57 Å². The van der Waals surface area contributed by atoms with Crippen molar-refractivity contribution in [3.8, 4) is 11.4 Å². The van der Waals surface area contributed by atoms with E-state index >= 15 is 0 Å². The van der Waals surface area contributed by atoms with E-state index < -0.39 is 0 Å². The molecule has 0 aliphatic carbocycles. The first-order valence-corrected chi connectivity index (χ1v) is 9.74. The molecule has 4 heterocycles. The largest absolute Gasteiger partial charge is 0.324 e. The molecular formula is C20H24N4S. The Kier molecular flexibility index (Phi) is 4.68. The van der Waals surface area contributed by atoms with Crippen molar-refractivity contribution in [2.45, 2.75) is 39.3 Å². The van der Waals surface area contributed by atoms with Gasteiger partial charge in [0.15, 0.2) is 0 Å². The van der Waals surface area contributed by atoms with Gasteiger partial charge in [0, 0.05) is 58.7 Å². The molecule has 4 nitrogen and oxygen atoms in total.